The summed E-state index contributed by atoms with van der Waals surface area (Å²) in [4.78, 5) is 2.25. The predicted octanol–water partition coefficient (Wildman–Crippen LogP) is 2.02. The molecule has 0 amide bonds. The molecule has 1 aromatic rings. The second-order valence-corrected chi connectivity index (χ2v) is 4.86. The first-order chi connectivity index (χ1) is 8.26. The smallest absolute Gasteiger partial charge is 0.0606 e. The Kier molecular flexibility index (Phi) is 4.26. The van der Waals surface area contributed by atoms with E-state index in [-0.39, 0.29) is 6.61 Å². The summed E-state index contributed by atoms with van der Waals surface area (Å²) >= 11 is 6.25. The Bertz CT molecular complexity index is 380. The van der Waals surface area contributed by atoms with Crippen LogP contribution in [-0.4, -0.2) is 31.3 Å². The van der Waals surface area contributed by atoms with Crippen LogP contribution in [0.1, 0.15) is 18.4 Å². The number of aliphatic hydroxyl groups excluding tert-OH is 1. The molecular formula is C13H19ClN2O. The van der Waals surface area contributed by atoms with Crippen molar-refractivity contribution >= 4 is 17.3 Å². The largest absolute Gasteiger partial charge is 0.395 e. The number of benzene rings is 1. The maximum atomic E-state index is 9.10. The zero-order valence-corrected chi connectivity index (χ0v) is 10.9. The van der Waals surface area contributed by atoms with E-state index < -0.39 is 0 Å². The van der Waals surface area contributed by atoms with Gasteiger partial charge in [0.15, 0.2) is 0 Å². The van der Waals surface area contributed by atoms with E-state index >= 15 is 0 Å². The van der Waals surface area contributed by atoms with Gasteiger partial charge in [-0.15, -0.1) is 0 Å². The molecule has 2 rings (SSSR count). The van der Waals surface area contributed by atoms with Crippen LogP contribution >= 0.6 is 11.6 Å². The Hall–Kier alpha value is -0.770. The zero-order chi connectivity index (χ0) is 12.3. The summed E-state index contributed by atoms with van der Waals surface area (Å²) in [5.41, 5.74) is 2.23. The van der Waals surface area contributed by atoms with Gasteiger partial charge < -0.3 is 15.3 Å². The third-order valence-corrected chi connectivity index (χ3v) is 3.42. The molecule has 0 heterocycles. The minimum absolute atomic E-state index is 0.187. The van der Waals surface area contributed by atoms with Crippen molar-refractivity contribution in [2.24, 2.45) is 0 Å². The van der Waals surface area contributed by atoms with Crippen molar-refractivity contribution < 1.29 is 5.11 Å². The van der Waals surface area contributed by atoms with E-state index in [1.807, 2.05) is 13.1 Å². The maximum absolute atomic E-state index is 9.10. The van der Waals surface area contributed by atoms with Crippen LogP contribution in [0.4, 0.5) is 5.69 Å². The van der Waals surface area contributed by atoms with Gasteiger partial charge in [0.2, 0.25) is 0 Å². The summed E-state index contributed by atoms with van der Waals surface area (Å²) in [5, 5.41) is 13.0. The molecular weight excluding hydrogens is 236 g/mol. The Morgan fingerprint density at radius 2 is 2.24 bits per heavy atom. The highest BCUT2D eigenvalue weighted by atomic mass is 35.5. The van der Waals surface area contributed by atoms with Crippen LogP contribution < -0.4 is 10.2 Å². The fraction of sp³-hybridized carbons (Fsp3) is 0.538. The summed E-state index contributed by atoms with van der Waals surface area (Å²) < 4.78 is 0. The second-order valence-electron chi connectivity index (χ2n) is 4.45. The number of halogens is 1. The summed E-state index contributed by atoms with van der Waals surface area (Å²) in [5.74, 6) is 0. The van der Waals surface area contributed by atoms with E-state index in [4.69, 9.17) is 16.7 Å². The monoisotopic (exact) mass is 254 g/mol. The summed E-state index contributed by atoms with van der Waals surface area (Å²) in [6.45, 7) is 1.65. The highest BCUT2D eigenvalue weighted by Crippen LogP contribution is 2.33. The van der Waals surface area contributed by atoms with Crippen molar-refractivity contribution in [3.63, 3.8) is 0 Å². The average molecular weight is 255 g/mol. The molecule has 0 aromatic heterocycles. The van der Waals surface area contributed by atoms with Gasteiger partial charge in [-0.1, -0.05) is 17.7 Å². The minimum atomic E-state index is 0.187. The molecule has 2 N–H and O–H groups in total. The van der Waals surface area contributed by atoms with E-state index in [2.05, 4.69) is 22.3 Å². The Labute approximate surface area is 107 Å². The maximum Gasteiger partial charge on any atom is 0.0606 e. The normalized spacial score (nSPS) is 15.0. The molecule has 0 spiro atoms. The zero-order valence-electron chi connectivity index (χ0n) is 10.1. The van der Waals surface area contributed by atoms with Crippen LogP contribution in [0.5, 0.6) is 0 Å². The lowest BCUT2D eigenvalue weighted by Crippen LogP contribution is -2.28. The molecule has 4 heteroatoms. The molecule has 0 saturated heterocycles. The third-order valence-electron chi connectivity index (χ3n) is 3.06. The lowest BCUT2D eigenvalue weighted by molar-refractivity contribution is 0.301. The van der Waals surface area contributed by atoms with Gasteiger partial charge in [0, 0.05) is 29.8 Å². The van der Waals surface area contributed by atoms with Gasteiger partial charge in [-0.05, 0) is 37.6 Å². The van der Waals surface area contributed by atoms with E-state index in [0.29, 0.717) is 12.6 Å². The van der Waals surface area contributed by atoms with E-state index in [1.165, 1.54) is 12.8 Å². The molecule has 17 heavy (non-hydrogen) atoms. The highest BCUT2D eigenvalue weighted by molar-refractivity contribution is 6.31. The molecule has 1 aliphatic rings. The second kappa shape index (κ2) is 5.71. The van der Waals surface area contributed by atoms with Crippen LogP contribution in [0, 0.1) is 0 Å². The van der Waals surface area contributed by atoms with Crippen LogP contribution in [0.3, 0.4) is 0 Å². The van der Waals surface area contributed by atoms with Crippen LogP contribution in [-0.2, 0) is 6.54 Å². The van der Waals surface area contributed by atoms with Crippen molar-refractivity contribution in [1.29, 1.82) is 0 Å². The molecule has 0 bridgehead atoms. The molecule has 0 aliphatic heterocycles. The average Bonchev–Trinajstić information content (AvgIpc) is 3.13. The van der Waals surface area contributed by atoms with Gasteiger partial charge in [0.1, 0.15) is 0 Å². The standard InChI is InChI=1S/C13H19ClN2O/c1-15-9-10-2-3-12(8-13(10)14)16(6-7-17)11-4-5-11/h2-3,8,11,15,17H,4-7,9H2,1H3. The first kappa shape index (κ1) is 12.7. The van der Waals surface area contributed by atoms with Crippen molar-refractivity contribution in [3.05, 3.63) is 28.8 Å². The van der Waals surface area contributed by atoms with Crippen molar-refractivity contribution in [1.82, 2.24) is 5.32 Å². The topological polar surface area (TPSA) is 35.5 Å². The van der Waals surface area contributed by atoms with Gasteiger partial charge >= 0.3 is 0 Å². The van der Waals surface area contributed by atoms with Gasteiger partial charge in [0.05, 0.1) is 6.61 Å². The quantitative estimate of drug-likeness (QED) is 0.815. The summed E-state index contributed by atoms with van der Waals surface area (Å²) in [6.07, 6.45) is 2.44. The number of rotatable bonds is 6. The number of aliphatic hydroxyl groups is 1. The fourth-order valence-electron chi connectivity index (χ4n) is 2.07. The molecule has 0 atom stereocenters. The molecule has 0 radical (unpaired) electrons. The molecule has 0 unspecified atom stereocenters. The number of anilines is 1. The Morgan fingerprint density at radius 1 is 1.47 bits per heavy atom. The van der Waals surface area contributed by atoms with Crippen molar-refractivity contribution in [2.45, 2.75) is 25.4 Å². The number of hydrogen-bond acceptors (Lipinski definition) is 3. The Balaban J connectivity index is 2.16. The highest BCUT2D eigenvalue weighted by Gasteiger charge is 2.28. The molecule has 94 valence electrons. The van der Waals surface area contributed by atoms with Gasteiger partial charge in [-0.3, -0.25) is 0 Å². The number of nitrogens with zero attached hydrogens (tertiary/aromatic N) is 1. The van der Waals surface area contributed by atoms with Gasteiger partial charge in [-0.25, -0.2) is 0 Å². The van der Waals surface area contributed by atoms with E-state index in [1.54, 1.807) is 0 Å². The molecule has 1 fully saturated rings. The first-order valence-corrected chi connectivity index (χ1v) is 6.44. The minimum Gasteiger partial charge on any atom is -0.395 e. The summed E-state index contributed by atoms with van der Waals surface area (Å²) in [7, 11) is 1.91. The third kappa shape index (κ3) is 3.12. The lowest BCUT2D eigenvalue weighted by atomic mass is 10.2. The number of hydrogen-bond donors (Lipinski definition) is 2. The first-order valence-electron chi connectivity index (χ1n) is 6.06. The van der Waals surface area contributed by atoms with Crippen molar-refractivity contribution in [2.75, 3.05) is 25.1 Å². The molecule has 3 nitrogen and oxygen atoms in total. The lowest BCUT2D eigenvalue weighted by Gasteiger charge is -2.24. The van der Waals surface area contributed by atoms with Crippen LogP contribution in [0.15, 0.2) is 18.2 Å². The van der Waals surface area contributed by atoms with Crippen LogP contribution in [0.2, 0.25) is 5.02 Å². The SMILES string of the molecule is CNCc1ccc(N(CCO)C2CC2)cc1Cl. The Morgan fingerprint density at radius 3 is 2.76 bits per heavy atom. The molecule has 1 aromatic carbocycles. The summed E-state index contributed by atoms with van der Waals surface area (Å²) in [6, 6.07) is 6.74. The van der Waals surface area contributed by atoms with Gasteiger partial charge in [-0.2, -0.15) is 0 Å². The van der Waals surface area contributed by atoms with E-state index in [0.717, 1.165) is 22.8 Å². The predicted molar refractivity (Wildman–Crippen MR) is 71.7 cm³/mol. The molecule has 1 saturated carbocycles. The van der Waals surface area contributed by atoms with E-state index in [9.17, 15) is 0 Å². The van der Waals surface area contributed by atoms with Crippen molar-refractivity contribution in [3.8, 4) is 0 Å². The number of nitrogens with one attached hydrogen (secondary N) is 1. The van der Waals surface area contributed by atoms with Gasteiger partial charge in [0.25, 0.3) is 0 Å². The fourth-order valence-corrected chi connectivity index (χ4v) is 2.31. The molecule has 1 aliphatic carbocycles. The van der Waals surface area contributed by atoms with Crippen LogP contribution in [0.25, 0.3) is 0 Å².